The number of fused-ring (bicyclic) bond motifs is 3. The summed E-state index contributed by atoms with van der Waals surface area (Å²) < 4.78 is 10.5. The first-order valence-electron chi connectivity index (χ1n) is 13.4. The number of para-hydroxylation sites is 1. The summed E-state index contributed by atoms with van der Waals surface area (Å²) in [5, 5.41) is 17.1. The molecule has 0 bridgehead atoms. The molecule has 4 aromatic heterocycles. The third-order valence-corrected chi connectivity index (χ3v) is 9.47. The third-order valence-electron chi connectivity index (χ3n) is 7.70. The molecule has 1 aliphatic rings. The smallest absolute Gasteiger partial charge is 0.282 e. The van der Waals surface area contributed by atoms with E-state index in [1.165, 1.54) is 21.5 Å². The molecule has 0 aliphatic heterocycles. The van der Waals surface area contributed by atoms with E-state index < -0.39 is 0 Å². The number of nitriles is 1. The summed E-state index contributed by atoms with van der Waals surface area (Å²) in [6.07, 6.45) is 5.97. The molecule has 2 aromatic carbocycles. The van der Waals surface area contributed by atoms with Crippen molar-refractivity contribution in [2.75, 3.05) is 0 Å². The van der Waals surface area contributed by atoms with Crippen LogP contribution in [-0.4, -0.2) is 20.4 Å². The summed E-state index contributed by atoms with van der Waals surface area (Å²) in [4.78, 5) is 19.8. The lowest BCUT2D eigenvalue weighted by Gasteiger charge is -2.10. The number of aryl methyl sites for hydroxylation is 2. The van der Waals surface area contributed by atoms with Gasteiger partial charge in [0.05, 0.1) is 22.7 Å². The van der Waals surface area contributed by atoms with Gasteiger partial charge in [0.25, 0.3) is 5.56 Å². The quantitative estimate of drug-likeness (QED) is 0.189. The number of hydrogen-bond donors (Lipinski definition) is 0. The Morgan fingerprint density at radius 3 is 2.80 bits per heavy atom. The average molecular weight is 623 g/mol. The molecular weight excluding hydrogens is 598 g/mol. The van der Waals surface area contributed by atoms with Crippen molar-refractivity contribution in [3.05, 3.63) is 102 Å². The second-order valence-corrected chi connectivity index (χ2v) is 12.3. The van der Waals surface area contributed by atoms with Gasteiger partial charge in [0.15, 0.2) is 5.76 Å². The fourth-order valence-corrected chi connectivity index (χ4v) is 7.52. The minimum absolute atomic E-state index is 0.282. The zero-order valence-electron chi connectivity index (χ0n) is 22.4. The van der Waals surface area contributed by atoms with Crippen molar-refractivity contribution in [2.24, 2.45) is 5.10 Å². The lowest BCUT2D eigenvalue weighted by molar-refractivity contribution is 0.616. The van der Waals surface area contributed by atoms with Crippen LogP contribution in [-0.2, 0) is 12.8 Å². The van der Waals surface area contributed by atoms with Crippen LogP contribution in [0.4, 0.5) is 0 Å². The molecule has 0 saturated carbocycles. The van der Waals surface area contributed by atoms with E-state index in [9.17, 15) is 10.1 Å². The Balaban J connectivity index is 1.37. The van der Waals surface area contributed by atoms with E-state index in [1.807, 2.05) is 62.4 Å². The Morgan fingerprint density at radius 2 is 1.95 bits per heavy atom. The number of aromatic nitrogens is 3. The lowest BCUT2D eigenvalue weighted by atomic mass is 9.96. The fourth-order valence-electron chi connectivity index (χ4n) is 5.69. The van der Waals surface area contributed by atoms with Gasteiger partial charge in [0, 0.05) is 31.7 Å². The highest BCUT2D eigenvalue weighted by Crippen LogP contribution is 2.38. The van der Waals surface area contributed by atoms with Gasteiger partial charge < -0.3 is 8.98 Å². The molecular formula is C32H24BrN5O2S. The standard InChI is InChI=1S/C32H24BrN5O2S/c1-18-13-21(19(2)37(18)32-25(16-34)23-7-4-6-10-29(23)41-32)17-35-38-30(36-26-9-5-3-8-24(26)31(38)39)28-15-20-14-22(33)11-12-27(20)40-28/h3,5,8-9,11-15,17H,4,6-7,10H2,1-2H3. The molecule has 0 unspecified atom stereocenters. The summed E-state index contributed by atoms with van der Waals surface area (Å²) >= 11 is 5.23. The van der Waals surface area contributed by atoms with Gasteiger partial charge in [-0.3, -0.25) is 4.79 Å². The molecule has 0 saturated heterocycles. The first-order valence-corrected chi connectivity index (χ1v) is 15.0. The van der Waals surface area contributed by atoms with Crippen molar-refractivity contribution in [1.82, 2.24) is 14.2 Å². The van der Waals surface area contributed by atoms with Crippen LogP contribution in [0.5, 0.6) is 0 Å². The van der Waals surface area contributed by atoms with Gasteiger partial charge >= 0.3 is 0 Å². The van der Waals surface area contributed by atoms with Crippen molar-refractivity contribution < 1.29 is 4.42 Å². The molecule has 1 aliphatic carbocycles. The van der Waals surface area contributed by atoms with E-state index >= 15 is 0 Å². The highest BCUT2D eigenvalue weighted by atomic mass is 79.9. The highest BCUT2D eigenvalue weighted by Gasteiger charge is 2.24. The predicted molar refractivity (Wildman–Crippen MR) is 166 cm³/mol. The second-order valence-electron chi connectivity index (χ2n) is 10.3. The van der Waals surface area contributed by atoms with E-state index in [1.54, 1.807) is 23.6 Å². The van der Waals surface area contributed by atoms with E-state index in [-0.39, 0.29) is 5.56 Å². The van der Waals surface area contributed by atoms with Crippen LogP contribution in [0.25, 0.3) is 38.5 Å². The maximum atomic E-state index is 13.7. The Labute approximate surface area is 248 Å². The molecule has 7 rings (SSSR count). The van der Waals surface area contributed by atoms with Gasteiger partial charge in [-0.25, -0.2) is 4.98 Å². The molecule has 0 atom stereocenters. The molecule has 6 aromatic rings. The van der Waals surface area contributed by atoms with Gasteiger partial charge in [-0.05, 0) is 87.6 Å². The molecule has 0 N–H and O–H groups in total. The van der Waals surface area contributed by atoms with Crippen LogP contribution in [0.15, 0.2) is 73.4 Å². The minimum Gasteiger partial charge on any atom is -0.453 e. The summed E-state index contributed by atoms with van der Waals surface area (Å²) in [5.41, 5.74) is 5.79. The van der Waals surface area contributed by atoms with Gasteiger partial charge in [-0.1, -0.05) is 28.1 Å². The monoisotopic (exact) mass is 621 g/mol. The van der Waals surface area contributed by atoms with Crippen molar-refractivity contribution in [1.29, 1.82) is 5.26 Å². The number of rotatable bonds is 4. The molecule has 7 nitrogen and oxygen atoms in total. The first-order chi connectivity index (χ1) is 19.9. The predicted octanol–water partition coefficient (Wildman–Crippen LogP) is 7.67. The molecule has 9 heteroatoms. The van der Waals surface area contributed by atoms with E-state index in [2.05, 4.69) is 31.7 Å². The summed E-state index contributed by atoms with van der Waals surface area (Å²) in [6, 6.07) is 19.4. The van der Waals surface area contributed by atoms with E-state index in [0.29, 0.717) is 28.1 Å². The van der Waals surface area contributed by atoms with Crippen LogP contribution in [0, 0.1) is 25.2 Å². The van der Waals surface area contributed by atoms with E-state index in [4.69, 9.17) is 9.40 Å². The van der Waals surface area contributed by atoms with Crippen LogP contribution in [0.3, 0.4) is 0 Å². The van der Waals surface area contributed by atoms with Gasteiger partial charge in [0.1, 0.15) is 16.7 Å². The molecule has 4 heterocycles. The molecule has 41 heavy (non-hydrogen) atoms. The van der Waals surface area contributed by atoms with Crippen molar-refractivity contribution in [2.45, 2.75) is 39.5 Å². The second kappa shape index (κ2) is 9.98. The van der Waals surface area contributed by atoms with Gasteiger partial charge in [-0.15, -0.1) is 11.3 Å². The maximum absolute atomic E-state index is 13.7. The number of hydrogen-bond acceptors (Lipinski definition) is 6. The molecule has 0 spiro atoms. The number of thiophene rings is 1. The molecule has 202 valence electrons. The van der Waals surface area contributed by atoms with Crippen molar-refractivity contribution in [3.63, 3.8) is 0 Å². The largest absolute Gasteiger partial charge is 0.453 e. The molecule has 0 radical (unpaired) electrons. The SMILES string of the molecule is Cc1cc(C=Nn2c(-c3cc4cc(Br)ccc4o3)nc3ccccc3c2=O)c(C)n1-c1sc2c(c1C#N)CCCC2. The van der Waals surface area contributed by atoms with Crippen LogP contribution < -0.4 is 5.56 Å². The average Bonchev–Trinajstić information content (AvgIpc) is 3.64. The Bertz CT molecular complexity index is 2140. The Morgan fingerprint density at radius 1 is 1.12 bits per heavy atom. The zero-order chi connectivity index (χ0) is 28.2. The number of halogens is 1. The van der Waals surface area contributed by atoms with Crippen LogP contribution in [0.2, 0.25) is 0 Å². The summed E-state index contributed by atoms with van der Waals surface area (Å²) in [6.45, 7) is 4.06. The van der Waals surface area contributed by atoms with Crippen molar-refractivity contribution in [3.8, 4) is 22.7 Å². The van der Waals surface area contributed by atoms with Crippen LogP contribution in [0.1, 0.15) is 45.8 Å². The molecule has 0 amide bonds. The summed E-state index contributed by atoms with van der Waals surface area (Å²) in [5.74, 6) is 0.773. The molecule has 0 fully saturated rings. The van der Waals surface area contributed by atoms with Crippen LogP contribution >= 0.6 is 27.3 Å². The third kappa shape index (κ3) is 4.26. The topological polar surface area (TPSA) is 89.1 Å². The maximum Gasteiger partial charge on any atom is 0.282 e. The van der Waals surface area contributed by atoms with E-state index in [0.717, 1.165) is 56.6 Å². The first kappa shape index (κ1) is 25.7. The Hall–Kier alpha value is -4.26. The zero-order valence-corrected chi connectivity index (χ0v) is 24.8. The summed E-state index contributed by atoms with van der Waals surface area (Å²) in [7, 11) is 0. The minimum atomic E-state index is -0.282. The lowest BCUT2D eigenvalue weighted by Crippen LogP contribution is -2.20. The number of nitrogens with zero attached hydrogens (tertiary/aromatic N) is 5. The van der Waals surface area contributed by atoms with Gasteiger partial charge in [0.2, 0.25) is 5.82 Å². The van der Waals surface area contributed by atoms with Gasteiger partial charge in [-0.2, -0.15) is 15.0 Å². The highest BCUT2D eigenvalue weighted by molar-refractivity contribution is 9.10. The number of furan rings is 1. The fraction of sp³-hybridized carbons (Fsp3) is 0.188. The normalized spacial score (nSPS) is 13.3. The van der Waals surface area contributed by atoms with Crippen molar-refractivity contribution >= 4 is 55.4 Å². The number of benzene rings is 2. The Kier molecular flexibility index (Phi) is 6.25.